The zero-order valence-corrected chi connectivity index (χ0v) is 12.2. The molecule has 0 spiro atoms. The molecule has 0 aliphatic rings. The van der Waals surface area contributed by atoms with Gasteiger partial charge in [-0.3, -0.25) is 4.99 Å². The zero-order chi connectivity index (χ0) is 14.5. The number of rotatable bonds is 3. The highest BCUT2D eigenvalue weighted by Crippen LogP contribution is 2.25. The van der Waals surface area contributed by atoms with E-state index in [0.717, 1.165) is 22.4 Å². The van der Waals surface area contributed by atoms with Crippen LogP contribution >= 0.6 is 11.6 Å². The molecule has 102 valence electrons. The van der Waals surface area contributed by atoms with Gasteiger partial charge in [0.05, 0.1) is 5.69 Å². The predicted octanol–water partition coefficient (Wildman–Crippen LogP) is 5.26. The maximum absolute atomic E-state index is 9.96. The number of aliphatic hydroxyl groups excluding tert-OH is 1. The summed E-state index contributed by atoms with van der Waals surface area (Å²) in [5, 5.41) is 10.6. The van der Waals surface area contributed by atoms with Gasteiger partial charge in [0.25, 0.3) is 0 Å². The van der Waals surface area contributed by atoms with Crippen molar-refractivity contribution in [1.29, 1.82) is 0 Å². The van der Waals surface area contributed by atoms with Gasteiger partial charge in [0.15, 0.2) is 0 Å². The van der Waals surface area contributed by atoms with Crippen LogP contribution in [-0.2, 0) is 0 Å². The smallest absolute Gasteiger partial charge is 0.124 e. The molecule has 0 heterocycles. The largest absolute Gasteiger partial charge is 0.507 e. The molecule has 0 aliphatic heterocycles. The summed E-state index contributed by atoms with van der Waals surface area (Å²) in [6.45, 7) is 3.92. The van der Waals surface area contributed by atoms with Crippen molar-refractivity contribution >= 4 is 29.3 Å². The van der Waals surface area contributed by atoms with Gasteiger partial charge < -0.3 is 5.11 Å². The summed E-state index contributed by atoms with van der Waals surface area (Å²) in [5.41, 5.74) is 3.65. The van der Waals surface area contributed by atoms with Gasteiger partial charge in [-0.2, -0.15) is 0 Å². The highest BCUT2D eigenvalue weighted by atomic mass is 35.5. The molecule has 2 aromatic rings. The fourth-order valence-electron chi connectivity index (χ4n) is 1.74. The predicted molar refractivity (Wildman–Crippen MR) is 86.1 cm³/mol. The Morgan fingerprint density at radius 3 is 2.50 bits per heavy atom. The van der Waals surface area contributed by atoms with Gasteiger partial charge in [-0.05, 0) is 37.6 Å². The topological polar surface area (TPSA) is 32.6 Å². The normalized spacial score (nSPS) is 12.1. The second-order valence-electron chi connectivity index (χ2n) is 4.58. The fourth-order valence-corrected chi connectivity index (χ4v) is 1.91. The van der Waals surface area contributed by atoms with Gasteiger partial charge in [-0.1, -0.05) is 47.5 Å². The minimum Gasteiger partial charge on any atom is -0.507 e. The Labute approximate surface area is 124 Å². The van der Waals surface area contributed by atoms with Crippen molar-refractivity contribution in [3.8, 4) is 0 Å². The minimum absolute atomic E-state index is 0.188. The molecule has 2 aromatic carbocycles. The molecule has 0 aromatic heterocycles. The lowest BCUT2D eigenvalue weighted by molar-refractivity contribution is 0.512. The Balaban J connectivity index is 2.17. The van der Waals surface area contributed by atoms with Crippen LogP contribution < -0.4 is 0 Å². The lowest BCUT2D eigenvalue weighted by atomic mass is 10.1. The standard InChI is InChI=1S/C17H16ClNO/c1-12-6-8-14(9-7-12)17(20)10-11-19-16-5-3-4-15(18)13(16)2/h3-11,20H,1-2H3/b17-10-,19-11+. The minimum atomic E-state index is 0.188. The van der Waals surface area contributed by atoms with Crippen LogP contribution in [-0.4, -0.2) is 11.3 Å². The molecule has 0 amide bonds. The first-order chi connectivity index (χ1) is 9.58. The van der Waals surface area contributed by atoms with Crippen LogP contribution in [0.1, 0.15) is 16.7 Å². The van der Waals surface area contributed by atoms with E-state index in [0.29, 0.717) is 5.02 Å². The first-order valence-electron chi connectivity index (χ1n) is 6.33. The van der Waals surface area contributed by atoms with Crippen LogP contribution in [0, 0.1) is 13.8 Å². The second kappa shape index (κ2) is 6.40. The van der Waals surface area contributed by atoms with E-state index < -0.39 is 0 Å². The van der Waals surface area contributed by atoms with E-state index in [-0.39, 0.29) is 5.76 Å². The summed E-state index contributed by atoms with van der Waals surface area (Å²) >= 11 is 6.03. The molecule has 3 heteroatoms. The summed E-state index contributed by atoms with van der Waals surface area (Å²) in [6.07, 6.45) is 3.15. The number of aliphatic imine (C=N–C) groups is 1. The Morgan fingerprint density at radius 1 is 1.10 bits per heavy atom. The van der Waals surface area contributed by atoms with Crippen LogP contribution in [0.5, 0.6) is 0 Å². The molecule has 0 atom stereocenters. The molecular formula is C17H16ClNO. The molecule has 2 rings (SSSR count). The van der Waals surface area contributed by atoms with Crippen molar-refractivity contribution in [2.45, 2.75) is 13.8 Å². The van der Waals surface area contributed by atoms with Gasteiger partial charge >= 0.3 is 0 Å². The number of aliphatic hydroxyl groups is 1. The summed E-state index contributed by atoms with van der Waals surface area (Å²) in [4.78, 5) is 4.30. The number of halogens is 1. The van der Waals surface area contributed by atoms with Crippen molar-refractivity contribution in [3.63, 3.8) is 0 Å². The van der Waals surface area contributed by atoms with Crippen molar-refractivity contribution in [2.75, 3.05) is 0 Å². The van der Waals surface area contributed by atoms with E-state index in [1.807, 2.05) is 56.3 Å². The number of benzene rings is 2. The molecule has 0 saturated heterocycles. The first kappa shape index (κ1) is 14.4. The van der Waals surface area contributed by atoms with E-state index in [1.54, 1.807) is 12.3 Å². The molecular weight excluding hydrogens is 270 g/mol. The third-order valence-corrected chi connectivity index (χ3v) is 3.44. The molecule has 0 radical (unpaired) electrons. The van der Waals surface area contributed by atoms with Crippen LogP contribution in [0.2, 0.25) is 5.02 Å². The average molecular weight is 286 g/mol. The van der Waals surface area contributed by atoms with E-state index in [1.165, 1.54) is 0 Å². The van der Waals surface area contributed by atoms with Crippen LogP contribution in [0.15, 0.2) is 53.5 Å². The number of hydrogen-bond acceptors (Lipinski definition) is 2. The fraction of sp³-hybridized carbons (Fsp3) is 0.118. The summed E-state index contributed by atoms with van der Waals surface area (Å²) < 4.78 is 0. The van der Waals surface area contributed by atoms with Crippen LogP contribution in [0.25, 0.3) is 5.76 Å². The summed E-state index contributed by atoms with van der Waals surface area (Å²) in [7, 11) is 0. The van der Waals surface area contributed by atoms with Gasteiger partial charge in [-0.15, -0.1) is 0 Å². The Morgan fingerprint density at radius 2 is 1.80 bits per heavy atom. The summed E-state index contributed by atoms with van der Waals surface area (Å²) in [5.74, 6) is 0.188. The van der Waals surface area contributed by atoms with E-state index in [4.69, 9.17) is 11.6 Å². The van der Waals surface area contributed by atoms with E-state index in [9.17, 15) is 5.11 Å². The highest BCUT2D eigenvalue weighted by Gasteiger charge is 1.99. The molecule has 0 saturated carbocycles. The molecule has 0 unspecified atom stereocenters. The number of allylic oxidation sites excluding steroid dienone is 1. The summed E-state index contributed by atoms with van der Waals surface area (Å²) in [6, 6.07) is 13.2. The monoisotopic (exact) mass is 285 g/mol. The number of nitrogens with zero attached hydrogens (tertiary/aromatic N) is 1. The Bertz CT molecular complexity index is 657. The molecule has 0 bridgehead atoms. The molecule has 0 aliphatic carbocycles. The number of hydrogen-bond donors (Lipinski definition) is 1. The third kappa shape index (κ3) is 3.49. The van der Waals surface area contributed by atoms with Gasteiger partial charge in [-0.25, -0.2) is 0 Å². The third-order valence-electron chi connectivity index (χ3n) is 3.03. The maximum atomic E-state index is 9.96. The molecule has 2 nitrogen and oxygen atoms in total. The zero-order valence-electron chi connectivity index (χ0n) is 11.5. The molecule has 1 N–H and O–H groups in total. The Hall–Kier alpha value is -2.06. The van der Waals surface area contributed by atoms with Crippen molar-refractivity contribution < 1.29 is 5.11 Å². The van der Waals surface area contributed by atoms with Crippen LogP contribution in [0.3, 0.4) is 0 Å². The van der Waals surface area contributed by atoms with Gasteiger partial charge in [0.2, 0.25) is 0 Å². The van der Waals surface area contributed by atoms with E-state index >= 15 is 0 Å². The number of aryl methyl sites for hydroxylation is 1. The SMILES string of the molecule is Cc1ccc(/C(O)=C/C=N/c2cccc(Cl)c2C)cc1. The maximum Gasteiger partial charge on any atom is 0.124 e. The van der Waals surface area contributed by atoms with E-state index in [2.05, 4.69) is 4.99 Å². The lowest BCUT2D eigenvalue weighted by Gasteiger charge is -2.01. The van der Waals surface area contributed by atoms with Gasteiger partial charge in [0.1, 0.15) is 5.76 Å². The molecule has 20 heavy (non-hydrogen) atoms. The molecule has 0 fully saturated rings. The Kier molecular flexibility index (Phi) is 4.59. The average Bonchev–Trinajstić information content (AvgIpc) is 2.44. The van der Waals surface area contributed by atoms with Crippen molar-refractivity contribution in [1.82, 2.24) is 0 Å². The van der Waals surface area contributed by atoms with Gasteiger partial charge in [0, 0.05) is 16.8 Å². The first-order valence-corrected chi connectivity index (χ1v) is 6.71. The van der Waals surface area contributed by atoms with Crippen molar-refractivity contribution in [3.05, 3.63) is 70.3 Å². The highest BCUT2D eigenvalue weighted by molar-refractivity contribution is 6.31. The van der Waals surface area contributed by atoms with Crippen molar-refractivity contribution in [2.24, 2.45) is 4.99 Å². The second-order valence-corrected chi connectivity index (χ2v) is 4.99. The lowest BCUT2D eigenvalue weighted by Crippen LogP contribution is -1.84. The quantitative estimate of drug-likeness (QED) is 0.605. The van der Waals surface area contributed by atoms with Crippen LogP contribution in [0.4, 0.5) is 5.69 Å².